The number of hydrazine groups is 1. The van der Waals surface area contributed by atoms with Crippen molar-refractivity contribution in [2.24, 2.45) is 5.84 Å². The highest BCUT2D eigenvalue weighted by Gasteiger charge is 2.37. The van der Waals surface area contributed by atoms with Crippen molar-refractivity contribution in [2.75, 3.05) is 17.4 Å². The van der Waals surface area contributed by atoms with Crippen molar-refractivity contribution in [3.63, 3.8) is 0 Å². The number of piperidine rings is 1. The molecule has 1 aliphatic heterocycles. The number of nitrogens with zero attached hydrogens (tertiary/aromatic N) is 2. The number of hydrogen-bond acceptors (Lipinski definition) is 6. The van der Waals surface area contributed by atoms with E-state index in [1.807, 2.05) is 6.07 Å². The van der Waals surface area contributed by atoms with Crippen LogP contribution in [-0.2, 0) is 21.3 Å². The van der Waals surface area contributed by atoms with Crippen molar-refractivity contribution in [1.29, 1.82) is 0 Å². The summed E-state index contributed by atoms with van der Waals surface area (Å²) < 4.78 is 34.3. The van der Waals surface area contributed by atoms with Crippen molar-refractivity contribution in [1.82, 2.24) is 10.3 Å². The Morgan fingerprint density at radius 1 is 1.06 bits per heavy atom. The van der Waals surface area contributed by atoms with Crippen LogP contribution in [0.4, 0.5) is 10.5 Å². The summed E-state index contributed by atoms with van der Waals surface area (Å²) in [6, 6.07) is 15.5. The average Bonchev–Trinajstić information content (AvgIpc) is 2.82. The predicted octanol–water partition coefficient (Wildman–Crippen LogP) is 3.03. The number of para-hydroxylation sites is 1. The Labute approximate surface area is 200 Å². The second-order valence-electron chi connectivity index (χ2n) is 9.22. The maximum atomic E-state index is 13.7. The quantitative estimate of drug-likeness (QED) is 0.366. The standard InChI is InChI=1S/C24H32N4O5S/c1-24(2,3)33-23(30)27-15-13-21(14-16-27)34(31,32)28(20-7-5-4-6-8-20)17-18-9-11-19(12-10-18)22(29)26-25/h4-12,21H,13-17,25H2,1-3H3,(H,26,29). The van der Waals surface area contributed by atoms with Gasteiger partial charge in [0, 0.05) is 18.7 Å². The Kier molecular flexibility index (Phi) is 7.83. The number of amides is 2. The summed E-state index contributed by atoms with van der Waals surface area (Å²) in [6.45, 7) is 6.14. The Morgan fingerprint density at radius 3 is 2.18 bits per heavy atom. The lowest BCUT2D eigenvalue weighted by Crippen LogP contribution is -2.48. The summed E-state index contributed by atoms with van der Waals surface area (Å²) in [7, 11) is -3.74. The number of benzene rings is 2. The molecular formula is C24H32N4O5S. The summed E-state index contributed by atoms with van der Waals surface area (Å²) in [5.41, 5.74) is 3.14. The molecule has 2 amide bonds. The predicted molar refractivity (Wildman–Crippen MR) is 130 cm³/mol. The van der Waals surface area contributed by atoms with Crippen LogP contribution in [0, 0.1) is 0 Å². The van der Waals surface area contributed by atoms with Gasteiger partial charge >= 0.3 is 6.09 Å². The zero-order valence-electron chi connectivity index (χ0n) is 19.7. The van der Waals surface area contributed by atoms with Crippen LogP contribution in [0.5, 0.6) is 0 Å². The summed E-state index contributed by atoms with van der Waals surface area (Å²) in [5.74, 6) is 4.76. The minimum absolute atomic E-state index is 0.114. The molecule has 9 nitrogen and oxygen atoms in total. The summed E-state index contributed by atoms with van der Waals surface area (Å²) in [4.78, 5) is 25.6. The highest BCUT2D eigenvalue weighted by Crippen LogP contribution is 2.28. The van der Waals surface area contributed by atoms with Crippen molar-refractivity contribution >= 4 is 27.7 Å². The van der Waals surface area contributed by atoms with E-state index in [0.717, 1.165) is 5.56 Å². The SMILES string of the molecule is CC(C)(C)OC(=O)N1CCC(S(=O)(=O)N(Cc2ccc(C(=O)NN)cc2)c2ccccc2)CC1. The number of rotatable bonds is 6. The molecule has 2 aromatic rings. The highest BCUT2D eigenvalue weighted by molar-refractivity contribution is 7.93. The normalized spacial score (nSPS) is 15.0. The molecule has 0 atom stereocenters. The third-order valence-corrected chi connectivity index (χ3v) is 7.81. The van der Waals surface area contributed by atoms with E-state index in [4.69, 9.17) is 10.6 Å². The van der Waals surface area contributed by atoms with E-state index >= 15 is 0 Å². The second kappa shape index (κ2) is 10.4. The monoisotopic (exact) mass is 488 g/mol. The minimum Gasteiger partial charge on any atom is -0.444 e. The second-order valence-corrected chi connectivity index (χ2v) is 11.4. The Morgan fingerprint density at radius 2 is 1.65 bits per heavy atom. The van der Waals surface area contributed by atoms with Crippen LogP contribution in [0.1, 0.15) is 49.5 Å². The number of carbonyl (C=O) groups excluding carboxylic acids is 2. The van der Waals surface area contributed by atoms with Crippen LogP contribution < -0.4 is 15.6 Å². The Balaban J connectivity index is 1.79. The molecule has 0 bridgehead atoms. The number of sulfonamides is 1. The average molecular weight is 489 g/mol. The number of nitrogens with two attached hydrogens (primary N) is 1. The maximum absolute atomic E-state index is 13.7. The molecule has 1 saturated heterocycles. The van der Waals surface area contributed by atoms with Gasteiger partial charge in [-0.2, -0.15) is 0 Å². The van der Waals surface area contributed by atoms with E-state index < -0.39 is 32.9 Å². The number of hydrogen-bond donors (Lipinski definition) is 2. The number of carbonyl (C=O) groups is 2. The van der Waals surface area contributed by atoms with E-state index in [0.29, 0.717) is 37.2 Å². The lowest BCUT2D eigenvalue weighted by Gasteiger charge is -2.36. The number of nitrogens with one attached hydrogen (secondary N) is 1. The van der Waals surface area contributed by atoms with Gasteiger partial charge in [-0.1, -0.05) is 30.3 Å². The zero-order chi connectivity index (χ0) is 24.9. The first kappa shape index (κ1) is 25.5. The Bertz CT molecular complexity index is 1090. The number of anilines is 1. The largest absolute Gasteiger partial charge is 0.444 e. The van der Waals surface area contributed by atoms with E-state index in [9.17, 15) is 18.0 Å². The fourth-order valence-corrected chi connectivity index (χ4v) is 5.69. The van der Waals surface area contributed by atoms with Gasteiger partial charge in [-0.3, -0.25) is 14.5 Å². The van der Waals surface area contributed by atoms with Crippen LogP contribution in [0.3, 0.4) is 0 Å². The van der Waals surface area contributed by atoms with Gasteiger partial charge in [0.15, 0.2) is 0 Å². The maximum Gasteiger partial charge on any atom is 0.410 e. The van der Waals surface area contributed by atoms with Gasteiger partial charge < -0.3 is 9.64 Å². The highest BCUT2D eigenvalue weighted by atomic mass is 32.2. The first-order chi connectivity index (χ1) is 16.0. The van der Waals surface area contributed by atoms with Crippen molar-refractivity contribution in [3.05, 3.63) is 65.7 Å². The van der Waals surface area contributed by atoms with Gasteiger partial charge in [0.25, 0.3) is 5.91 Å². The van der Waals surface area contributed by atoms with Gasteiger partial charge in [0.1, 0.15) is 5.60 Å². The summed E-state index contributed by atoms with van der Waals surface area (Å²) in [6.07, 6.45) is 0.214. The van der Waals surface area contributed by atoms with Crippen LogP contribution >= 0.6 is 0 Å². The van der Waals surface area contributed by atoms with Crippen LogP contribution in [0.15, 0.2) is 54.6 Å². The molecule has 1 heterocycles. The van der Waals surface area contributed by atoms with E-state index in [1.165, 1.54) is 4.31 Å². The molecular weight excluding hydrogens is 456 g/mol. The van der Waals surface area contributed by atoms with Crippen LogP contribution in [-0.4, -0.2) is 49.3 Å². The molecule has 0 unspecified atom stereocenters. The molecule has 0 aromatic heterocycles. The first-order valence-electron chi connectivity index (χ1n) is 11.2. The van der Waals surface area contributed by atoms with E-state index in [2.05, 4.69) is 5.43 Å². The summed E-state index contributed by atoms with van der Waals surface area (Å²) >= 11 is 0. The topological polar surface area (TPSA) is 122 Å². The Hall–Kier alpha value is -3.11. The third kappa shape index (κ3) is 6.27. The van der Waals surface area contributed by atoms with Gasteiger partial charge in [-0.05, 0) is 63.4 Å². The fourth-order valence-electron chi connectivity index (χ4n) is 3.78. The molecule has 3 N–H and O–H groups in total. The number of likely N-dealkylation sites (tertiary alicyclic amines) is 1. The molecule has 2 aromatic carbocycles. The molecule has 184 valence electrons. The van der Waals surface area contributed by atoms with Crippen molar-refractivity contribution in [2.45, 2.75) is 51.0 Å². The van der Waals surface area contributed by atoms with Crippen LogP contribution in [0.25, 0.3) is 0 Å². The lowest BCUT2D eigenvalue weighted by atomic mass is 10.1. The molecule has 0 radical (unpaired) electrons. The van der Waals surface area contributed by atoms with Gasteiger partial charge in [-0.25, -0.2) is 19.1 Å². The molecule has 3 rings (SSSR count). The van der Waals surface area contributed by atoms with Crippen LogP contribution in [0.2, 0.25) is 0 Å². The smallest absolute Gasteiger partial charge is 0.410 e. The molecule has 1 aliphatic rings. The molecule has 0 aliphatic carbocycles. The molecule has 0 spiro atoms. The molecule has 34 heavy (non-hydrogen) atoms. The molecule has 1 fully saturated rings. The minimum atomic E-state index is -3.74. The van der Waals surface area contributed by atoms with Gasteiger partial charge in [-0.15, -0.1) is 0 Å². The van der Waals surface area contributed by atoms with Crippen molar-refractivity contribution in [3.8, 4) is 0 Å². The fraction of sp³-hybridized carbons (Fsp3) is 0.417. The molecule has 10 heteroatoms. The van der Waals surface area contributed by atoms with Crippen molar-refractivity contribution < 1.29 is 22.7 Å². The number of ether oxygens (including phenoxy) is 1. The van der Waals surface area contributed by atoms with Gasteiger partial charge in [0.2, 0.25) is 10.0 Å². The third-order valence-electron chi connectivity index (χ3n) is 5.54. The summed E-state index contributed by atoms with van der Waals surface area (Å²) in [5, 5.41) is -0.631. The number of nitrogen functional groups attached to an aromatic ring is 1. The van der Waals surface area contributed by atoms with Gasteiger partial charge in [0.05, 0.1) is 17.5 Å². The zero-order valence-corrected chi connectivity index (χ0v) is 20.5. The first-order valence-corrected chi connectivity index (χ1v) is 12.7. The molecule has 0 saturated carbocycles. The van der Waals surface area contributed by atoms with E-state index in [1.54, 1.807) is 74.2 Å². The lowest BCUT2D eigenvalue weighted by molar-refractivity contribution is 0.0217. The van der Waals surface area contributed by atoms with E-state index in [-0.39, 0.29) is 6.54 Å².